The molecule has 0 aliphatic heterocycles. The fourth-order valence-corrected chi connectivity index (χ4v) is 4.84. The second-order valence-corrected chi connectivity index (χ2v) is 10.1. The van der Waals surface area contributed by atoms with Crippen molar-refractivity contribution in [3.8, 4) is 17.0 Å². The average Bonchev–Trinajstić information content (AvgIpc) is 3.44. The lowest BCUT2D eigenvalue weighted by Gasteiger charge is -2.16. The zero-order valence-corrected chi connectivity index (χ0v) is 23.7. The van der Waals surface area contributed by atoms with Crippen LogP contribution in [0.25, 0.3) is 22.2 Å². The molecule has 5 aromatic rings. The van der Waals surface area contributed by atoms with E-state index in [-0.39, 0.29) is 19.1 Å². The number of amides is 1. The van der Waals surface area contributed by atoms with Gasteiger partial charge in [0.1, 0.15) is 23.4 Å². The number of fused-ring (bicyclic) bond motifs is 1. The summed E-state index contributed by atoms with van der Waals surface area (Å²) in [5.74, 6) is 0.426. The minimum atomic E-state index is -4.76. The van der Waals surface area contributed by atoms with Gasteiger partial charge in [-0.2, -0.15) is 18.3 Å². The Hall–Kier alpha value is -5.00. The summed E-state index contributed by atoms with van der Waals surface area (Å²) in [5.41, 5.74) is 3.26. The zero-order chi connectivity index (χ0) is 30.7. The van der Waals surface area contributed by atoms with Crippen LogP contribution in [0.2, 0.25) is 0 Å². The van der Waals surface area contributed by atoms with Crippen molar-refractivity contribution in [3.05, 3.63) is 105 Å². The third kappa shape index (κ3) is 6.27. The van der Waals surface area contributed by atoms with Gasteiger partial charge in [-0.05, 0) is 49.7 Å². The van der Waals surface area contributed by atoms with Gasteiger partial charge in [0.2, 0.25) is 5.91 Å². The summed E-state index contributed by atoms with van der Waals surface area (Å²) in [6.45, 7) is 5.70. The molecule has 43 heavy (non-hydrogen) atoms. The standard InChI is InChI=1S/C31H29F3N6O3/c1-4-27(41)36-14-20-15-37-39-28(20)22-13-19(3)38-29-21(22)7-5-9-26(29)43-17-23-18(2)10-11-35-25(23)16-40-12-6-8-24(30(40)42)31(32,33)34/h5-13,15H,4,14,16-17H2,1-3H3,(H,36,41)(H,37,39). The van der Waals surface area contributed by atoms with E-state index in [1.54, 1.807) is 31.5 Å². The van der Waals surface area contributed by atoms with Crippen molar-refractivity contribution in [2.45, 2.75) is 53.1 Å². The monoisotopic (exact) mass is 590 g/mol. The number of pyridine rings is 3. The molecule has 4 heterocycles. The number of nitrogens with one attached hydrogen (secondary N) is 2. The highest BCUT2D eigenvalue weighted by atomic mass is 19.4. The SMILES string of the molecule is CCC(=O)NCc1cn[nH]c1-c1cc(C)nc2c(OCc3c(C)ccnc3Cn3cccc(C(F)(F)F)c3=O)cccc12. The van der Waals surface area contributed by atoms with Crippen molar-refractivity contribution in [1.82, 2.24) is 30.0 Å². The Morgan fingerprint density at radius 1 is 1.14 bits per heavy atom. The van der Waals surface area contributed by atoms with Crippen LogP contribution < -0.4 is 15.6 Å². The molecular weight excluding hydrogens is 561 g/mol. The lowest BCUT2D eigenvalue weighted by Crippen LogP contribution is -2.29. The van der Waals surface area contributed by atoms with Gasteiger partial charge in [0.15, 0.2) is 0 Å². The summed E-state index contributed by atoms with van der Waals surface area (Å²) >= 11 is 0. The number of hydrogen-bond donors (Lipinski definition) is 2. The Morgan fingerprint density at radius 3 is 2.72 bits per heavy atom. The molecule has 0 aliphatic rings. The first kappa shape index (κ1) is 29.5. The molecule has 0 saturated carbocycles. The lowest BCUT2D eigenvalue weighted by atomic mass is 10.0. The molecule has 0 bridgehead atoms. The van der Waals surface area contributed by atoms with E-state index in [9.17, 15) is 22.8 Å². The van der Waals surface area contributed by atoms with Crippen molar-refractivity contribution >= 4 is 16.8 Å². The molecule has 0 aliphatic carbocycles. The molecule has 1 aromatic carbocycles. The first-order valence-corrected chi connectivity index (χ1v) is 13.6. The van der Waals surface area contributed by atoms with Gasteiger partial charge in [-0.1, -0.05) is 19.1 Å². The number of aryl methyl sites for hydroxylation is 2. The molecule has 0 radical (unpaired) electrons. The van der Waals surface area contributed by atoms with Gasteiger partial charge in [-0.25, -0.2) is 4.98 Å². The fourth-order valence-electron chi connectivity index (χ4n) is 4.84. The average molecular weight is 591 g/mol. The number of aromatic amines is 1. The minimum Gasteiger partial charge on any atom is -0.487 e. The molecule has 0 unspecified atom stereocenters. The second-order valence-electron chi connectivity index (χ2n) is 10.1. The van der Waals surface area contributed by atoms with E-state index >= 15 is 0 Å². The number of alkyl halides is 3. The number of para-hydroxylation sites is 1. The number of H-pyrrole nitrogens is 1. The first-order chi connectivity index (χ1) is 20.6. The highest BCUT2D eigenvalue weighted by molar-refractivity contribution is 5.97. The molecule has 4 aromatic heterocycles. The van der Waals surface area contributed by atoms with E-state index in [4.69, 9.17) is 9.72 Å². The normalized spacial score (nSPS) is 11.6. The van der Waals surface area contributed by atoms with Crippen LogP contribution in [-0.4, -0.2) is 30.6 Å². The lowest BCUT2D eigenvalue weighted by molar-refractivity contribution is -0.139. The summed E-state index contributed by atoms with van der Waals surface area (Å²) in [5, 5.41) is 10.9. The molecule has 2 N–H and O–H groups in total. The van der Waals surface area contributed by atoms with Crippen molar-refractivity contribution in [2.75, 3.05) is 0 Å². The Bertz CT molecular complexity index is 1860. The minimum absolute atomic E-state index is 0.0468. The molecule has 222 valence electrons. The highest BCUT2D eigenvalue weighted by Gasteiger charge is 2.34. The van der Waals surface area contributed by atoms with Crippen LogP contribution in [0.3, 0.4) is 0 Å². The summed E-state index contributed by atoms with van der Waals surface area (Å²) in [4.78, 5) is 33.5. The molecule has 0 fully saturated rings. The number of carbonyl (C=O) groups is 1. The molecular formula is C31H29F3N6O3. The van der Waals surface area contributed by atoms with E-state index in [0.29, 0.717) is 35.5 Å². The van der Waals surface area contributed by atoms with E-state index in [1.807, 2.05) is 32.0 Å². The first-order valence-electron chi connectivity index (χ1n) is 13.6. The van der Waals surface area contributed by atoms with Crippen LogP contribution in [0.1, 0.15) is 47.0 Å². The summed E-state index contributed by atoms with van der Waals surface area (Å²) in [6, 6.07) is 11.2. The fraction of sp³-hybridized carbons (Fsp3) is 0.258. The Morgan fingerprint density at radius 2 is 1.95 bits per heavy atom. The number of rotatable bonds is 9. The Labute approximate surface area is 244 Å². The van der Waals surface area contributed by atoms with E-state index in [0.717, 1.165) is 44.1 Å². The predicted octanol–water partition coefficient (Wildman–Crippen LogP) is 5.47. The van der Waals surface area contributed by atoms with Crippen LogP contribution in [0.15, 0.2) is 65.8 Å². The maximum atomic E-state index is 13.3. The van der Waals surface area contributed by atoms with Gasteiger partial charge in [-0.15, -0.1) is 0 Å². The Kier molecular flexibility index (Phi) is 8.29. The second kappa shape index (κ2) is 12.1. The van der Waals surface area contributed by atoms with Gasteiger partial charge in [0.25, 0.3) is 5.56 Å². The highest BCUT2D eigenvalue weighted by Crippen LogP contribution is 2.34. The Balaban J connectivity index is 1.47. The van der Waals surface area contributed by atoms with Gasteiger partial charge in [0.05, 0.1) is 24.1 Å². The number of ether oxygens (including phenoxy) is 1. The van der Waals surface area contributed by atoms with E-state index < -0.39 is 17.3 Å². The molecule has 9 nitrogen and oxygen atoms in total. The van der Waals surface area contributed by atoms with Crippen molar-refractivity contribution in [2.24, 2.45) is 0 Å². The van der Waals surface area contributed by atoms with Crippen LogP contribution in [-0.2, 0) is 30.7 Å². The summed E-state index contributed by atoms with van der Waals surface area (Å²) in [6.07, 6.45) is 0.149. The number of hydrogen-bond acceptors (Lipinski definition) is 6. The summed E-state index contributed by atoms with van der Waals surface area (Å²) < 4.78 is 47.2. The van der Waals surface area contributed by atoms with Gasteiger partial charge in [-0.3, -0.25) is 19.7 Å². The van der Waals surface area contributed by atoms with Gasteiger partial charge < -0.3 is 14.6 Å². The van der Waals surface area contributed by atoms with Crippen LogP contribution in [0.4, 0.5) is 13.2 Å². The molecule has 0 atom stereocenters. The van der Waals surface area contributed by atoms with Crippen LogP contribution in [0.5, 0.6) is 5.75 Å². The molecule has 12 heteroatoms. The van der Waals surface area contributed by atoms with E-state index in [2.05, 4.69) is 20.5 Å². The predicted molar refractivity (Wildman–Crippen MR) is 154 cm³/mol. The number of carbonyl (C=O) groups excluding carboxylic acids is 1. The van der Waals surface area contributed by atoms with Gasteiger partial charge >= 0.3 is 6.18 Å². The third-order valence-corrected chi connectivity index (χ3v) is 7.11. The quantitative estimate of drug-likeness (QED) is 0.235. The largest absolute Gasteiger partial charge is 0.487 e. The number of halogens is 3. The van der Waals surface area contributed by atoms with Crippen LogP contribution >= 0.6 is 0 Å². The van der Waals surface area contributed by atoms with Crippen molar-refractivity contribution < 1.29 is 22.7 Å². The zero-order valence-electron chi connectivity index (χ0n) is 23.7. The molecule has 0 saturated heterocycles. The van der Waals surface area contributed by atoms with Crippen LogP contribution in [0, 0.1) is 13.8 Å². The third-order valence-electron chi connectivity index (χ3n) is 7.11. The number of nitrogens with zero attached hydrogens (tertiary/aromatic N) is 4. The maximum Gasteiger partial charge on any atom is 0.421 e. The maximum absolute atomic E-state index is 13.3. The number of aromatic nitrogens is 5. The van der Waals surface area contributed by atoms with Crippen molar-refractivity contribution in [3.63, 3.8) is 0 Å². The van der Waals surface area contributed by atoms with Crippen molar-refractivity contribution in [1.29, 1.82) is 0 Å². The van der Waals surface area contributed by atoms with Gasteiger partial charge in [0, 0.05) is 53.1 Å². The van der Waals surface area contributed by atoms with E-state index in [1.165, 1.54) is 12.3 Å². The summed E-state index contributed by atoms with van der Waals surface area (Å²) in [7, 11) is 0. The topological polar surface area (TPSA) is 115 Å². The number of benzene rings is 1. The molecule has 5 rings (SSSR count). The molecule has 0 spiro atoms. The smallest absolute Gasteiger partial charge is 0.421 e. The molecule has 1 amide bonds.